The van der Waals surface area contributed by atoms with Crippen LogP contribution in [0.15, 0.2) is 46.8 Å². The number of hydrogen-bond acceptors (Lipinski definition) is 5. The summed E-state index contributed by atoms with van der Waals surface area (Å²) >= 11 is 1.44. The van der Waals surface area contributed by atoms with E-state index in [1.165, 1.54) is 41.5 Å². The number of piperidine rings is 1. The minimum Gasteiger partial charge on any atom is -0.370 e. The molecule has 140 valence electrons. The van der Waals surface area contributed by atoms with Gasteiger partial charge >= 0.3 is 0 Å². The van der Waals surface area contributed by atoms with E-state index in [9.17, 15) is 9.59 Å². The maximum atomic E-state index is 12.5. The third-order valence-electron chi connectivity index (χ3n) is 4.91. The lowest BCUT2D eigenvalue weighted by Crippen LogP contribution is -2.30. The van der Waals surface area contributed by atoms with Crippen LogP contribution in [0.25, 0.3) is 10.2 Å². The largest absolute Gasteiger partial charge is 0.370 e. The van der Waals surface area contributed by atoms with Crippen molar-refractivity contribution in [3.63, 3.8) is 0 Å². The van der Waals surface area contributed by atoms with Gasteiger partial charge in [0, 0.05) is 26.1 Å². The number of fused-ring (bicyclic) bond motifs is 1. The molecule has 2 aromatic heterocycles. The van der Waals surface area contributed by atoms with Gasteiger partial charge in [-0.2, -0.15) is 0 Å². The number of benzene rings is 1. The standard InChI is InChI=1S/C20H22N4O2S/c25-18(8-12-24-14-21-19-15(20(24)26)9-13-27-19)22-16-6-2-3-7-17(16)23-10-4-1-5-11-23/h2-3,6-7,9,13-14H,1,4-5,8,10-12H2,(H,22,25). The second kappa shape index (κ2) is 7.92. The van der Waals surface area contributed by atoms with Gasteiger partial charge in [0.2, 0.25) is 5.91 Å². The molecule has 1 aromatic carbocycles. The lowest BCUT2D eigenvalue weighted by Gasteiger charge is -2.30. The zero-order valence-electron chi connectivity index (χ0n) is 15.1. The van der Waals surface area contributed by atoms with Crippen LogP contribution < -0.4 is 15.8 Å². The van der Waals surface area contributed by atoms with Crippen molar-refractivity contribution < 1.29 is 4.79 Å². The molecule has 0 radical (unpaired) electrons. The third-order valence-corrected chi connectivity index (χ3v) is 5.73. The number of carbonyl (C=O) groups is 1. The first-order valence-electron chi connectivity index (χ1n) is 9.29. The normalized spacial score (nSPS) is 14.4. The Hall–Kier alpha value is -2.67. The van der Waals surface area contributed by atoms with Crippen LogP contribution in [-0.4, -0.2) is 28.5 Å². The lowest BCUT2D eigenvalue weighted by molar-refractivity contribution is -0.116. The predicted molar refractivity (Wildman–Crippen MR) is 110 cm³/mol. The number of amides is 1. The van der Waals surface area contributed by atoms with E-state index in [2.05, 4.69) is 21.3 Å². The molecule has 0 aliphatic carbocycles. The summed E-state index contributed by atoms with van der Waals surface area (Å²) in [5, 5.41) is 5.48. The van der Waals surface area contributed by atoms with Crippen molar-refractivity contribution >= 4 is 38.8 Å². The Bertz CT molecular complexity index is 1000. The van der Waals surface area contributed by atoms with Crippen molar-refractivity contribution in [1.29, 1.82) is 0 Å². The highest BCUT2D eigenvalue weighted by Crippen LogP contribution is 2.28. The summed E-state index contributed by atoms with van der Waals surface area (Å²) in [5.41, 5.74) is 1.81. The number of anilines is 2. The first-order chi connectivity index (χ1) is 13.2. The summed E-state index contributed by atoms with van der Waals surface area (Å²) < 4.78 is 1.51. The van der Waals surface area contributed by atoms with Gasteiger partial charge in [-0.25, -0.2) is 4.98 Å². The zero-order chi connectivity index (χ0) is 18.6. The van der Waals surface area contributed by atoms with Crippen LogP contribution in [-0.2, 0) is 11.3 Å². The minimum absolute atomic E-state index is 0.0947. The van der Waals surface area contributed by atoms with Crippen molar-refractivity contribution in [2.45, 2.75) is 32.2 Å². The fraction of sp³-hybridized carbons (Fsp3) is 0.350. The summed E-state index contributed by atoms with van der Waals surface area (Å²) in [4.78, 5) is 32.2. The third kappa shape index (κ3) is 3.88. The van der Waals surface area contributed by atoms with Crippen LogP contribution in [0.3, 0.4) is 0 Å². The van der Waals surface area contributed by atoms with Crippen molar-refractivity contribution in [3.05, 3.63) is 52.4 Å². The van der Waals surface area contributed by atoms with Crippen molar-refractivity contribution in [2.24, 2.45) is 0 Å². The molecule has 7 heteroatoms. The molecule has 1 aliphatic rings. The summed E-state index contributed by atoms with van der Waals surface area (Å²) in [6, 6.07) is 9.70. The van der Waals surface area contributed by atoms with Crippen LogP contribution in [0.5, 0.6) is 0 Å². The molecule has 1 saturated heterocycles. The predicted octanol–water partition coefficient (Wildman–Crippen LogP) is 3.48. The quantitative estimate of drug-likeness (QED) is 0.734. The van der Waals surface area contributed by atoms with E-state index < -0.39 is 0 Å². The van der Waals surface area contributed by atoms with E-state index in [-0.39, 0.29) is 17.9 Å². The molecule has 0 bridgehead atoms. The number of nitrogens with one attached hydrogen (secondary N) is 1. The number of nitrogens with zero attached hydrogens (tertiary/aromatic N) is 3. The highest BCUT2D eigenvalue weighted by atomic mass is 32.1. The molecule has 0 spiro atoms. The molecule has 6 nitrogen and oxygen atoms in total. The first-order valence-corrected chi connectivity index (χ1v) is 10.2. The van der Waals surface area contributed by atoms with Gasteiger partial charge in [-0.3, -0.25) is 14.2 Å². The summed E-state index contributed by atoms with van der Waals surface area (Å²) in [5.74, 6) is -0.100. The summed E-state index contributed by atoms with van der Waals surface area (Å²) in [7, 11) is 0. The molecule has 1 fully saturated rings. The van der Waals surface area contributed by atoms with E-state index in [0.29, 0.717) is 11.9 Å². The second-order valence-corrected chi connectivity index (χ2v) is 7.64. The second-order valence-electron chi connectivity index (χ2n) is 6.75. The van der Waals surface area contributed by atoms with Crippen LogP contribution >= 0.6 is 11.3 Å². The van der Waals surface area contributed by atoms with Crippen molar-refractivity contribution in [3.8, 4) is 0 Å². The monoisotopic (exact) mass is 382 g/mol. The van der Waals surface area contributed by atoms with Gasteiger partial charge in [-0.15, -0.1) is 11.3 Å². The molecule has 0 unspecified atom stereocenters. The van der Waals surface area contributed by atoms with Crippen molar-refractivity contribution in [2.75, 3.05) is 23.3 Å². The SMILES string of the molecule is O=C(CCn1cnc2sccc2c1=O)Nc1ccccc1N1CCCCC1. The Balaban J connectivity index is 1.43. The first kappa shape index (κ1) is 17.7. The van der Waals surface area contributed by atoms with Crippen LogP contribution in [0, 0.1) is 0 Å². The molecule has 0 saturated carbocycles. The van der Waals surface area contributed by atoms with Crippen molar-refractivity contribution in [1.82, 2.24) is 9.55 Å². The number of thiophene rings is 1. The van der Waals surface area contributed by atoms with E-state index in [1.807, 2.05) is 23.6 Å². The Morgan fingerprint density at radius 2 is 1.96 bits per heavy atom. The highest BCUT2D eigenvalue weighted by Gasteiger charge is 2.15. The molecule has 3 heterocycles. The Morgan fingerprint density at radius 3 is 2.81 bits per heavy atom. The fourth-order valence-corrected chi connectivity index (χ4v) is 4.20. The van der Waals surface area contributed by atoms with Gasteiger partial charge in [-0.1, -0.05) is 12.1 Å². The van der Waals surface area contributed by atoms with Crippen LogP contribution in [0.4, 0.5) is 11.4 Å². The Morgan fingerprint density at radius 1 is 1.15 bits per heavy atom. The Kier molecular flexibility index (Phi) is 5.20. The van der Waals surface area contributed by atoms with E-state index >= 15 is 0 Å². The van der Waals surface area contributed by atoms with Crippen LogP contribution in [0.1, 0.15) is 25.7 Å². The summed E-state index contributed by atoms with van der Waals surface area (Å²) in [6.07, 6.45) is 5.39. The molecular formula is C20H22N4O2S. The molecule has 1 aliphatic heterocycles. The Labute approximate surface area is 161 Å². The van der Waals surface area contributed by atoms with E-state index in [0.717, 1.165) is 29.3 Å². The smallest absolute Gasteiger partial charge is 0.262 e. The number of para-hydroxylation sites is 2. The number of aryl methyl sites for hydroxylation is 1. The van der Waals surface area contributed by atoms with Gasteiger partial charge in [0.1, 0.15) is 4.83 Å². The van der Waals surface area contributed by atoms with Gasteiger partial charge in [0.05, 0.1) is 23.1 Å². The van der Waals surface area contributed by atoms with E-state index in [1.54, 1.807) is 6.07 Å². The fourth-order valence-electron chi connectivity index (χ4n) is 3.48. The molecule has 27 heavy (non-hydrogen) atoms. The topological polar surface area (TPSA) is 67.2 Å². The molecular weight excluding hydrogens is 360 g/mol. The minimum atomic E-state index is -0.100. The molecule has 1 amide bonds. The number of hydrogen-bond donors (Lipinski definition) is 1. The molecule has 0 atom stereocenters. The zero-order valence-corrected chi connectivity index (χ0v) is 15.9. The maximum absolute atomic E-state index is 12.5. The lowest BCUT2D eigenvalue weighted by atomic mass is 10.1. The van der Waals surface area contributed by atoms with Crippen LogP contribution in [0.2, 0.25) is 0 Å². The average Bonchev–Trinajstić information content (AvgIpc) is 3.18. The maximum Gasteiger partial charge on any atom is 0.262 e. The molecule has 3 aromatic rings. The number of carbonyl (C=O) groups excluding carboxylic acids is 1. The highest BCUT2D eigenvalue weighted by molar-refractivity contribution is 7.16. The van der Waals surface area contributed by atoms with E-state index in [4.69, 9.17) is 0 Å². The van der Waals surface area contributed by atoms with Gasteiger partial charge in [0.15, 0.2) is 0 Å². The van der Waals surface area contributed by atoms with Gasteiger partial charge in [0.25, 0.3) is 5.56 Å². The van der Waals surface area contributed by atoms with Gasteiger partial charge in [-0.05, 0) is 42.8 Å². The number of aromatic nitrogens is 2. The number of rotatable bonds is 5. The molecule has 1 N–H and O–H groups in total. The van der Waals surface area contributed by atoms with Gasteiger partial charge < -0.3 is 10.2 Å². The summed E-state index contributed by atoms with van der Waals surface area (Å²) in [6.45, 7) is 2.36. The average molecular weight is 382 g/mol. The molecule has 4 rings (SSSR count).